The average molecular weight is 282 g/mol. The molecule has 1 atom stereocenters. The van der Waals surface area contributed by atoms with Crippen molar-refractivity contribution in [3.05, 3.63) is 46.3 Å². The van der Waals surface area contributed by atoms with Gasteiger partial charge in [0, 0.05) is 24.2 Å². The molecule has 0 unspecified atom stereocenters. The Morgan fingerprint density at radius 3 is 3.11 bits per heavy atom. The number of methoxy groups -OCH3 is 1. The van der Waals surface area contributed by atoms with Crippen molar-refractivity contribution in [1.29, 1.82) is 0 Å². The minimum Gasteiger partial charge on any atom is -0.495 e. The Balaban J connectivity index is 2.14. The molecule has 19 heavy (non-hydrogen) atoms. The highest BCUT2D eigenvalue weighted by Gasteiger charge is 2.29. The molecule has 1 aliphatic rings. The molecule has 3 rings (SSSR count). The quantitative estimate of drug-likeness (QED) is 0.889. The second-order valence-corrected chi connectivity index (χ2v) is 4.76. The zero-order valence-corrected chi connectivity index (χ0v) is 11.1. The first-order chi connectivity index (χ1) is 9.22. The van der Waals surface area contributed by atoms with Crippen molar-refractivity contribution in [2.45, 2.75) is 12.5 Å². The van der Waals surface area contributed by atoms with Gasteiger partial charge in [0.1, 0.15) is 11.6 Å². The number of hydrogen-bond donors (Lipinski definition) is 2. The Hall–Kier alpha value is -1.59. The number of benzene rings is 1. The van der Waals surface area contributed by atoms with Gasteiger partial charge in [-0.25, -0.2) is 9.37 Å². The molecular formula is C13H13ClFN3O. The number of rotatable bonds is 2. The smallest absolute Gasteiger partial charge is 0.138 e. The summed E-state index contributed by atoms with van der Waals surface area (Å²) in [5.41, 5.74) is 2.19. The molecule has 2 heterocycles. The van der Waals surface area contributed by atoms with Crippen LogP contribution in [0.15, 0.2) is 18.5 Å². The monoisotopic (exact) mass is 281 g/mol. The molecule has 2 N–H and O–H groups in total. The summed E-state index contributed by atoms with van der Waals surface area (Å²) in [5.74, 6) is 0.0988. The van der Waals surface area contributed by atoms with Crippen LogP contribution >= 0.6 is 11.6 Å². The fraction of sp³-hybridized carbons (Fsp3) is 0.308. The average Bonchev–Trinajstić information content (AvgIpc) is 2.88. The second kappa shape index (κ2) is 4.83. The molecule has 2 aromatic rings. The van der Waals surface area contributed by atoms with Gasteiger partial charge >= 0.3 is 0 Å². The molecule has 0 spiro atoms. The molecule has 0 bridgehead atoms. The lowest BCUT2D eigenvalue weighted by Gasteiger charge is -2.25. The summed E-state index contributed by atoms with van der Waals surface area (Å²) in [5, 5.41) is 3.54. The lowest BCUT2D eigenvalue weighted by Crippen LogP contribution is -2.31. The Morgan fingerprint density at radius 1 is 1.47 bits per heavy atom. The summed E-state index contributed by atoms with van der Waals surface area (Å²) in [7, 11) is 1.51. The predicted octanol–water partition coefficient (Wildman–Crippen LogP) is 2.45. The van der Waals surface area contributed by atoms with Gasteiger partial charge in [-0.05, 0) is 12.1 Å². The Bertz CT molecular complexity index is 614. The van der Waals surface area contributed by atoms with Crippen molar-refractivity contribution in [3.8, 4) is 5.75 Å². The van der Waals surface area contributed by atoms with Crippen LogP contribution in [0.4, 0.5) is 4.39 Å². The van der Waals surface area contributed by atoms with Crippen LogP contribution in [-0.2, 0) is 6.42 Å². The number of ether oxygens (including phenoxy) is 1. The fourth-order valence-corrected chi connectivity index (χ4v) is 2.77. The van der Waals surface area contributed by atoms with Gasteiger partial charge in [0.15, 0.2) is 0 Å². The number of H-pyrrole nitrogens is 1. The molecule has 1 aromatic carbocycles. The van der Waals surface area contributed by atoms with Crippen LogP contribution in [0.1, 0.15) is 23.0 Å². The van der Waals surface area contributed by atoms with Crippen LogP contribution in [0.2, 0.25) is 5.02 Å². The van der Waals surface area contributed by atoms with Crippen LogP contribution in [-0.4, -0.2) is 23.6 Å². The summed E-state index contributed by atoms with van der Waals surface area (Å²) in [4.78, 5) is 7.35. The minimum absolute atomic E-state index is 0.288. The molecule has 0 saturated carbocycles. The van der Waals surface area contributed by atoms with Crippen LogP contribution in [0, 0.1) is 5.82 Å². The van der Waals surface area contributed by atoms with E-state index in [9.17, 15) is 4.39 Å². The Morgan fingerprint density at radius 2 is 2.32 bits per heavy atom. The van der Waals surface area contributed by atoms with Crippen LogP contribution in [0.3, 0.4) is 0 Å². The van der Waals surface area contributed by atoms with Gasteiger partial charge in [-0.15, -0.1) is 0 Å². The Labute approximate surface area is 115 Å². The van der Waals surface area contributed by atoms with E-state index in [4.69, 9.17) is 16.3 Å². The fourth-order valence-electron chi connectivity index (χ4n) is 2.43. The van der Waals surface area contributed by atoms with Crippen molar-refractivity contribution in [2.75, 3.05) is 13.7 Å². The molecule has 1 aliphatic heterocycles. The van der Waals surface area contributed by atoms with E-state index in [2.05, 4.69) is 15.3 Å². The van der Waals surface area contributed by atoms with Crippen molar-refractivity contribution in [2.24, 2.45) is 0 Å². The summed E-state index contributed by atoms with van der Waals surface area (Å²) in [6, 6.07) is 2.54. The van der Waals surface area contributed by atoms with Crippen LogP contribution in [0.25, 0.3) is 0 Å². The lowest BCUT2D eigenvalue weighted by molar-refractivity contribution is 0.411. The summed E-state index contributed by atoms with van der Waals surface area (Å²) >= 11 is 6.24. The molecular weight excluding hydrogens is 269 g/mol. The van der Waals surface area contributed by atoms with Crippen molar-refractivity contribution in [1.82, 2.24) is 15.3 Å². The van der Waals surface area contributed by atoms with E-state index < -0.39 is 0 Å². The molecule has 0 saturated heterocycles. The van der Waals surface area contributed by atoms with Gasteiger partial charge in [0.2, 0.25) is 0 Å². The maximum atomic E-state index is 14.1. The van der Waals surface area contributed by atoms with E-state index in [0.717, 1.165) is 24.4 Å². The van der Waals surface area contributed by atoms with Gasteiger partial charge < -0.3 is 15.0 Å². The molecule has 4 nitrogen and oxygen atoms in total. The van der Waals surface area contributed by atoms with E-state index in [1.54, 1.807) is 6.33 Å². The van der Waals surface area contributed by atoms with Gasteiger partial charge in [-0.1, -0.05) is 11.6 Å². The SMILES string of the molecule is COc1ccc(F)c([C@H]2NCCc3[nH]cnc32)c1Cl. The third-order valence-corrected chi connectivity index (χ3v) is 3.74. The van der Waals surface area contributed by atoms with E-state index in [1.165, 1.54) is 19.2 Å². The number of nitrogens with one attached hydrogen (secondary N) is 2. The highest BCUT2D eigenvalue weighted by molar-refractivity contribution is 6.33. The third-order valence-electron chi connectivity index (χ3n) is 3.35. The largest absolute Gasteiger partial charge is 0.495 e. The number of aromatic nitrogens is 2. The minimum atomic E-state index is -0.362. The zero-order valence-electron chi connectivity index (χ0n) is 10.3. The highest BCUT2D eigenvalue weighted by Crippen LogP contribution is 2.37. The molecule has 0 fully saturated rings. The van der Waals surface area contributed by atoms with Gasteiger partial charge in [0.25, 0.3) is 0 Å². The third kappa shape index (κ3) is 1.99. The number of nitrogens with zero attached hydrogens (tertiary/aromatic N) is 1. The van der Waals surface area contributed by atoms with Gasteiger partial charge in [-0.3, -0.25) is 0 Å². The number of fused-ring (bicyclic) bond motifs is 1. The van der Waals surface area contributed by atoms with E-state index in [0.29, 0.717) is 11.3 Å². The first-order valence-corrected chi connectivity index (χ1v) is 6.37. The maximum absolute atomic E-state index is 14.1. The molecule has 6 heteroatoms. The molecule has 1 aromatic heterocycles. The summed E-state index contributed by atoms with van der Waals surface area (Å²) < 4.78 is 19.3. The number of halogens is 2. The van der Waals surface area contributed by atoms with Crippen molar-refractivity contribution >= 4 is 11.6 Å². The topological polar surface area (TPSA) is 49.9 Å². The maximum Gasteiger partial charge on any atom is 0.138 e. The Kier molecular flexibility index (Phi) is 3.16. The normalized spacial score (nSPS) is 18.2. The number of imidazole rings is 1. The van der Waals surface area contributed by atoms with Crippen molar-refractivity contribution in [3.63, 3.8) is 0 Å². The van der Waals surface area contributed by atoms with E-state index >= 15 is 0 Å². The van der Waals surface area contributed by atoms with Gasteiger partial charge in [0.05, 0.1) is 30.2 Å². The number of aromatic amines is 1. The second-order valence-electron chi connectivity index (χ2n) is 4.38. The molecule has 0 aliphatic carbocycles. The molecule has 0 amide bonds. The van der Waals surface area contributed by atoms with Crippen LogP contribution < -0.4 is 10.1 Å². The predicted molar refractivity (Wildman–Crippen MR) is 70.1 cm³/mol. The lowest BCUT2D eigenvalue weighted by atomic mass is 9.97. The van der Waals surface area contributed by atoms with Crippen LogP contribution in [0.5, 0.6) is 5.75 Å². The molecule has 0 radical (unpaired) electrons. The van der Waals surface area contributed by atoms with Gasteiger partial charge in [-0.2, -0.15) is 0 Å². The number of hydrogen-bond acceptors (Lipinski definition) is 3. The highest BCUT2D eigenvalue weighted by atomic mass is 35.5. The zero-order chi connectivity index (χ0) is 13.4. The summed E-state index contributed by atoms with van der Waals surface area (Å²) in [6.45, 7) is 0.743. The molecule has 100 valence electrons. The van der Waals surface area contributed by atoms with E-state index in [1.807, 2.05) is 0 Å². The standard InChI is InChI=1S/C13H13ClFN3O/c1-19-9-3-2-7(15)10(11(9)14)13-12-8(4-5-16-13)17-6-18-12/h2-3,6,13,16H,4-5H2,1H3,(H,17,18)/t13-/m1/s1. The van der Waals surface area contributed by atoms with E-state index in [-0.39, 0.29) is 16.9 Å². The first-order valence-electron chi connectivity index (χ1n) is 5.99. The summed E-state index contributed by atoms with van der Waals surface area (Å²) in [6.07, 6.45) is 2.46. The first kappa shape index (κ1) is 12.4. The van der Waals surface area contributed by atoms with Crippen molar-refractivity contribution < 1.29 is 9.13 Å².